The smallest absolute Gasteiger partial charge is 0.249 e. The molecule has 144 valence electrons. The largest absolute Gasteiger partial charge is 0.420 e. The molecule has 1 aliphatic heterocycles. The standard InChI is InChI=1S/C21H28N4O2/c1-15-7-8-18(14-22-15)21-24-23-20(27-21)17-9-11-25(12-10-17)19(26)13-16-5-3-2-4-6-16/h7-8,14,16-17H,2-6,9-13H2,1H3. The molecule has 0 aromatic carbocycles. The predicted molar refractivity (Wildman–Crippen MR) is 102 cm³/mol. The summed E-state index contributed by atoms with van der Waals surface area (Å²) in [5, 5.41) is 8.44. The van der Waals surface area contributed by atoms with Crippen molar-refractivity contribution in [3.63, 3.8) is 0 Å². The summed E-state index contributed by atoms with van der Waals surface area (Å²) in [4.78, 5) is 18.9. The molecular formula is C21H28N4O2. The fourth-order valence-corrected chi connectivity index (χ4v) is 4.25. The number of aromatic nitrogens is 3. The van der Waals surface area contributed by atoms with Gasteiger partial charge in [0.15, 0.2) is 0 Å². The molecule has 6 nitrogen and oxygen atoms in total. The maximum absolute atomic E-state index is 12.6. The van der Waals surface area contributed by atoms with E-state index in [2.05, 4.69) is 15.2 Å². The molecule has 1 saturated carbocycles. The number of hydrogen-bond donors (Lipinski definition) is 0. The second-order valence-electron chi connectivity index (χ2n) is 8.00. The fraction of sp³-hybridized carbons (Fsp3) is 0.619. The minimum Gasteiger partial charge on any atom is -0.420 e. The molecule has 3 heterocycles. The molecule has 0 N–H and O–H groups in total. The van der Waals surface area contributed by atoms with Crippen molar-refractivity contribution in [1.82, 2.24) is 20.1 Å². The molecule has 0 radical (unpaired) electrons. The van der Waals surface area contributed by atoms with Crippen molar-refractivity contribution >= 4 is 5.91 Å². The Balaban J connectivity index is 1.31. The van der Waals surface area contributed by atoms with Crippen molar-refractivity contribution in [3.8, 4) is 11.5 Å². The van der Waals surface area contributed by atoms with Crippen molar-refractivity contribution in [2.75, 3.05) is 13.1 Å². The number of pyridine rings is 1. The number of amides is 1. The lowest BCUT2D eigenvalue weighted by Crippen LogP contribution is -2.38. The van der Waals surface area contributed by atoms with E-state index in [1.165, 1.54) is 32.1 Å². The van der Waals surface area contributed by atoms with E-state index in [9.17, 15) is 4.79 Å². The summed E-state index contributed by atoms with van der Waals surface area (Å²) in [7, 11) is 0. The third kappa shape index (κ3) is 4.37. The van der Waals surface area contributed by atoms with Gasteiger partial charge in [0.25, 0.3) is 0 Å². The molecule has 1 aliphatic carbocycles. The topological polar surface area (TPSA) is 72.1 Å². The summed E-state index contributed by atoms with van der Waals surface area (Å²) in [5.41, 5.74) is 1.81. The van der Waals surface area contributed by atoms with Gasteiger partial charge in [0.05, 0.1) is 5.56 Å². The lowest BCUT2D eigenvalue weighted by atomic mass is 9.86. The molecule has 2 aliphatic rings. The summed E-state index contributed by atoms with van der Waals surface area (Å²) in [5.74, 6) is 2.38. The Kier molecular flexibility index (Phi) is 5.50. The van der Waals surface area contributed by atoms with Crippen molar-refractivity contribution in [2.45, 2.75) is 64.2 Å². The van der Waals surface area contributed by atoms with Gasteiger partial charge in [-0.3, -0.25) is 9.78 Å². The molecular weight excluding hydrogens is 340 g/mol. The third-order valence-electron chi connectivity index (χ3n) is 5.98. The van der Waals surface area contributed by atoms with Crippen LogP contribution in [0.15, 0.2) is 22.7 Å². The molecule has 27 heavy (non-hydrogen) atoms. The van der Waals surface area contributed by atoms with E-state index in [4.69, 9.17) is 4.42 Å². The second kappa shape index (κ2) is 8.19. The van der Waals surface area contributed by atoms with Gasteiger partial charge < -0.3 is 9.32 Å². The minimum atomic E-state index is 0.239. The van der Waals surface area contributed by atoms with Crippen LogP contribution < -0.4 is 0 Å². The second-order valence-corrected chi connectivity index (χ2v) is 8.00. The summed E-state index contributed by atoms with van der Waals surface area (Å²) in [6, 6.07) is 3.89. The molecule has 0 atom stereocenters. The van der Waals surface area contributed by atoms with Gasteiger partial charge in [0, 0.05) is 37.3 Å². The third-order valence-corrected chi connectivity index (χ3v) is 5.98. The van der Waals surface area contributed by atoms with Gasteiger partial charge in [-0.05, 0) is 50.7 Å². The highest BCUT2D eigenvalue weighted by Crippen LogP contribution is 2.31. The van der Waals surface area contributed by atoms with E-state index in [1.54, 1.807) is 6.20 Å². The normalized spacial score (nSPS) is 19.4. The van der Waals surface area contributed by atoms with Gasteiger partial charge in [-0.25, -0.2) is 0 Å². The number of carbonyl (C=O) groups is 1. The van der Waals surface area contributed by atoms with Crippen LogP contribution in [0.3, 0.4) is 0 Å². The number of likely N-dealkylation sites (tertiary alicyclic amines) is 1. The number of hydrogen-bond acceptors (Lipinski definition) is 5. The number of rotatable bonds is 4. The van der Waals surface area contributed by atoms with Crippen LogP contribution in [0.5, 0.6) is 0 Å². The first-order chi connectivity index (χ1) is 13.2. The molecule has 2 aromatic heterocycles. The van der Waals surface area contributed by atoms with Gasteiger partial charge in [0.2, 0.25) is 17.7 Å². The quantitative estimate of drug-likeness (QED) is 0.812. The van der Waals surface area contributed by atoms with Gasteiger partial charge in [-0.1, -0.05) is 19.3 Å². The SMILES string of the molecule is Cc1ccc(-c2nnc(C3CCN(C(=O)CC4CCCCC4)CC3)o2)cn1. The summed E-state index contributed by atoms with van der Waals surface area (Å²) in [6.07, 6.45) is 10.6. The van der Waals surface area contributed by atoms with E-state index in [0.717, 1.165) is 43.6 Å². The molecule has 2 fully saturated rings. The Morgan fingerprint density at radius 3 is 2.59 bits per heavy atom. The van der Waals surface area contributed by atoms with E-state index < -0.39 is 0 Å². The zero-order valence-electron chi connectivity index (χ0n) is 16.1. The van der Waals surface area contributed by atoms with Crippen LogP contribution in [-0.2, 0) is 4.79 Å². The molecule has 0 bridgehead atoms. The van der Waals surface area contributed by atoms with Crippen molar-refractivity contribution in [1.29, 1.82) is 0 Å². The Hall–Kier alpha value is -2.24. The molecule has 0 unspecified atom stereocenters. The van der Waals surface area contributed by atoms with Crippen LogP contribution in [0.25, 0.3) is 11.5 Å². The Bertz CT molecular complexity index is 757. The van der Waals surface area contributed by atoms with E-state index in [1.807, 2.05) is 24.0 Å². The number of carbonyl (C=O) groups excluding carboxylic acids is 1. The van der Waals surface area contributed by atoms with Crippen LogP contribution in [0, 0.1) is 12.8 Å². The average Bonchev–Trinajstić information content (AvgIpc) is 3.20. The molecule has 4 rings (SSSR count). The Morgan fingerprint density at radius 1 is 1.11 bits per heavy atom. The Labute approximate surface area is 160 Å². The van der Waals surface area contributed by atoms with Crippen LogP contribution >= 0.6 is 0 Å². The van der Waals surface area contributed by atoms with Crippen LogP contribution in [0.2, 0.25) is 0 Å². The van der Waals surface area contributed by atoms with Crippen molar-refractivity contribution < 1.29 is 9.21 Å². The van der Waals surface area contributed by atoms with Crippen LogP contribution in [0.1, 0.15) is 68.9 Å². The molecule has 1 saturated heterocycles. The van der Waals surface area contributed by atoms with E-state index >= 15 is 0 Å². The maximum atomic E-state index is 12.6. The highest BCUT2D eigenvalue weighted by atomic mass is 16.4. The monoisotopic (exact) mass is 368 g/mol. The number of piperidine rings is 1. The molecule has 0 spiro atoms. The molecule has 2 aromatic rings. The van der Waals surface area contributed by atoms with Crippen molar-refractivity contribution in [2.24, 2.45) is 5.92 Å². The van der Waals surface area contributed by atoms with Crippen molar-refractivity contribution in [3.05, 3.63) is 29.9 Å². The van der Waals surface area contributed by atoms with Gasteiger partial charge in [-0.2, -0.15) is 0 Å². The number of aryl methyl sites for hydroxylation is 1. The summed E-state index contributed by atoms with van der Waals surface area (Å²) in [6.45, 7) is 3.53. The highest BCUT2D eigenvalue weighted by molar-refractivity contribution is 5.76. The van der Waals surface area contributed by atoms with Gasteiger partial charge in [-0.15, -0.1) is 10.2 Å². The lowest BCUT2D eigenvalue weighted by Gasteiger charge is -2.32. The minimum absolute atomic E-state index is 0.239. The summed E-state index contributed by atoms with van der Waals surface area (Å²) >= 11 is 0. The summed E-state index contributed by atoms with van der Waals surface area (Å²) < 4.78 is 5.90. The zero-order valence-corrected chi connectivity index (χ0v) is 16.1. The van der Waals surface area contributed by atoms with Crippen LogP contribution in [-0.4, -0.2) is 39.1 Å². The predicted octanol–water partition coefficient (Wildman–Crippen LogP) is 4.12. The fourth-order valence-electron chi connectivity index (χ4n) is 4.25. The van der Waals surface area contributed by atoms with Gasteiger partial charge >= 0.3 is 0 Å². The first-order valence-corrected chi connectivity index (χ1v) is 10.2. The first kappa shape index (κ1) is 18.1. The number of nitrogens with zero attached hydrogens (tertiary/aromatic N) is 4. The average molecular weight is 368 g/mol. The van der Waals surface area contributed by atoms with Crippen LogP contribution in [0.4, 0.5) is 0 Å². The lowest BCUT2D eigenvalue weighted by molar-refractivity contribution is -0.133. The van der Waals surface area contributed by atoms with E-state index in [-0.39, 0.29) is 5.92 Å². The highest BCUT2D eigenvalue weighted by Gasteiger charge is 2.28. The molecule has 6 heteroatoms. The first-order valence-electron chi connectivity index (χ1n) is 10.2. The van der Waals surface area contributed by atoms with E-state index in [0.29, 0.717) is 23.6 Å². The molecule has 1 amide bonds. The Morgan fingerprint density at radius 2 is 1.89 bits per heavy atom. The van der Waals surface area contributed by atoms with Gasteiger partial charge in [0.1, 0.15) is 0 Å². The zero-order chi connectivity index (χ0) is 18.6. The maximum Gasteiger partial charge on any atom is 0.249 e.